The molecule has 0 radical (unpaired) electrons. The van der Waals surface area contributed by atoms with E-state index in [9.17, 15) is 0 Å². The van der Waals surface area contributed by atoms with Crippen LogP contribution in [-0.4, -0.2) is 42.8 Å². The summed E-state index contributed by atoms with van der Waals surface area (Å²) in [6.45, 7) is 2.79. The number of hydrogen-bond acceptors (Lipinski definition) is 7. The van der Waals surface area contributed by atoms with Gasteiger partial charge in [-0.15, -0.1) is 0 Å². The highest BCUT2D eigenvalue weighted by molar-refractivity contribution is 6.39. The summed E-state index contributed by atoms with van der Waals surface area (Å²) in [6, 6.07) is 26.5. The van der Waals surface area contributed by atoms with E-state index in [-0.39, 0.29) is 0 Å². The number of hydrogen-bond donors (Lipinski definition) is 1. The van der Waals surface area contributed by atoms with Crippen molar-refractivity contribution in [1.29, 1.82) is 10.5 Å². The minimum atomic E-state index is 0.429. The summed E-state index contributed by atoms with van der Waals surface area (Å²) in [5, 5.41) is 22.5. The predicted octanol–water partition coefficient (Wildman–Crippen LogP) is 9.24. The molecule has 3 aromatic carbocycles. The summed E-state index contributed by atoms with van der Waals surface area (Å²) in [6.07, 6.45) is 6.13. The number of nitrogens with zero attached hydrogens (tertiary/aromatic N) is 5. The van der Waals surface area contributed by atoms with E-state index in [1.54, 1.807) is 0 Å². The maximum Gasteiger partial charge on any atom is 0.132 e. The van der Waals surface area contributed by atoms with E-state index in [4.69, 9.17) is 48.4 Å². The molecule has 0 saturated heterocycles. The van der Waals surface area contributed by atoms with Crippen LogP contribution in [0.1, 0.15) is 61.8 Å². The van der Waals surface area contributed by atoms with Crippen LogP contribution in [0.3, 0.4) is 0 Å². The SMILES string of the molecule is N#CCCCCc1nc(-c2cccc(-c3cccc(-c4ccc(C5=NCCN5)c(OCCCC#N)c4)c3Cl)c2Cl)ccc1C1=NCCC1. The van der Waals surface area contributed by atoms with Crippen molar-refractivity contribution in [2.45, 2.75) is 51.4 Å². The van der Waals surface area contributed by atoms with Crippen LogP contribution in [-0.2, 0) is 6.42 Å². The van der Waals surface area contributed by atoms with E-state index in [0.29, 0.717) is 41.7 Å². The molecule has 2 aliphatic heterocycles. The molecule has 48 heavy (non-hydrogen) atoms. The van der Waals surface area contributed by atoms with E-state index >= 15 is 0 Å². The first kappa shape index (κ1) is 33.2. The molecule has 3 heterocycles. The van der Waals surface area contributed by atoms with Crippen molar-refractivity contribution in [2.75, 3.05) is 26.2 Å². The highest BCUT2D eigenvalue weighted by atomic mass is 35.5. The lowest BCUT2D eigenvalue weighted by atomic mass is 9.95. The Bertz CT molecular complexity index is 1810. The van der Waals surface area contributed by atoms with Crippen LogP contribution in [0.4, 0.5) is 0 Å². The molecule has 242 valence electrons. The van der Waals surface area contributed by atoms with Crippen molar-refractivity contribution >= 4 is 34.7 Å². The van der Waals surface area contributed by atoms with Gasteiger partial charge < -0.3 is 10.1 Å². The van der Waals surface area contributed by atoms with Crippen molar-refractivity contribution in [3.05, 3.63) is 93.6 Å². The van der Waals surface area contributed by atoms with Crippen LogP contribution >= 0.6 is 23.2 Å². The zero-order valence-electron chi connectivity index (χ0n) is 26.7. The normalized spacial score (nSPS) is 13.8. The fourth-order valence-electron chi connectivity index (χ4n) is 6.18. The lowest BCUT2D eigenvalue weighted by Crippen LogP contribution is -2.20. The molecule has 0 spiro atoms. The molecular weight excluding hydrogens is 639 g/mol. The number of aryl methyl sites for hydroxylation is 1. The molecule has 0 atom stereocenters. The summed E-state index contributed by atoms with van der Waals surface area (Å²) in [5.74, 6) is 1.50. The molecule has 0 unspecified atom stereocenters. The van der Waals surface area contributed by atoms with Gasteiger partial charge in [0.05, 0.1) is 52.3 Å². The number of ether oxygens (including phenoxy) is 1. The van der Waals surface area contributed by atoms with Gasteiger partial charge >= 0.3 is 0 Å². The van der Waals surface area contributed by atoms with Crippen molar-refractivity contribution < 1.29 is 4.74 Å². The van der Waals surface area contributed by atoms with Gasteiger partial charge in [-0.05, 0) is 68.4 Å². The first-order valence-corrected chi connectivity index (χ1v) is 17.3. The highest BCUT2D eigenvalue weighted by Gasteiger charge is 2.20. The van der Waals surface area contributed by atoms with Crippen molar-refractivity contribution in [3.8, 4) is 51.4 Å². The number of unbranched alkanes of at least 4 members (excludes halogenated alkanes) is 3. The second-order valence-corrected chi connectivity index (χ2v) is 12.6. The monoisotopic (exact) mass is 674 g/mol. The van der Waals surface area contributed by atoms with E-state index < -0.39 is 0 Å². The molecule has 7 nitrogen and oxygen atoms in total. The summed E-state index contributed by atoms with van der Waals surface area (Å²) in [7, 11) is 0. The molecule has 6 rings (SSSR count). The average Bonchev–Trinajstić information content (AvgIpc) is 3.85. The highest BCUT2D eigenvalue weighted by Crippen LogP contribution is 2.43. The average molecular weight is 676 g/mol. The number of pyridine rings is 1. The Morgan fingerprint density at radius 2 is 1.48 bits per heavy atom. The van der Waals surface area contributed by atoms with Gasteiger partial charge in [0.2, 0.25) is 0 Å². The van der Waals surface area contributed by atoms with E-state index in [2.05, 4.69) is 28.5 Å². The number of halogens is 2. The Kier molecular flexibility index (Phi) is 11.0. The molecule has 1 aromatic heterocycles. The molecule has 4 aromatic rings. The minimum absolute atomic E-state index is 0.429. The molecule has 0 aliphatic carbocycles. The van der Waals surface area contributed by atoms with Crippen LogP contribution in [0.2, 0.25) is 10.0 Å². The molecule has 0 amide bonds. The largest absolute Gasteiger partial charge is 0.493 e. The molecule has 0 fully saturated rings. The number of nitrogens with one attached hydrogen (secondary N) is 1. The predicted molar refractivity (Wildman–Crippen MR) is 194 cm³/mol. The van der Waals surface area contributed by atoms with Crippen molar-refractivity contribution in [1.82, 2.24) is 10.3 Å². The van der Waals surface area contributed by atoms with E-state index in [1.165, 1.54) is 0 Å². The lowest BCUT2D eigenvalue weighted by Gasteiger charge is -2.17. The topological polar surface area (TPSA) is 106 Å². The smallest absolute Gasteiger partial charge is 0.132 e. The van der Waals surface area contributed by atoms with Gasteiger partial charge in [-0.25, -0.2) is 0 Å². The number of aliphatic imine (C=N–C) groups is 2. The molecule has 1 N–H and O–H groups in total. The maximum absolute atomic E-state index is 9.02. The minimum Gasteiger partial charge on any atom is -0.493 e. The Hall–Kier alpha value is -4.69. The van der Waals surface area contributed by atoms with E-state index in [0.717, 1.165) is 114 Å². The Balaban J connectivity index is 1.34. The Morgan fingerprint density at radius 1 is 0.750 bits per heavy atom. The van der Waals surface area contributed by atoms with Crippen LogP contribution in [0.25, 0.3) is 33.5 Å². The van der Waals surface area contributed by atoms with Crippen LogP contribution < -0.4 is 10.1 Å². The fourth-order valence-corrected chi connectivity index (χ4v) is 6.84. The van der Waals surface area contributed by atoms with Crippen molar-refractivity contribution in [2.24, 2.45) is 9.98 Å². The maximum atomic E-state index is 9.02. The molecule has 0 bridgehead atoms. The lowest BCUT2D eigenvalue weighted by molar-refractivity contribution is 0.312. The first-order chi connectivity index (χ1) is 23.6. The van der Waals surface area contributed by atoms with Crippen LogP contribution in [0.5, 0.6) is 5.75 Å². The second-order valence-electron chi connectivity index (χ2n) is 11.8. The van der Waals surface area contributed by atoms with Crippen molar-refractivity contribution in [3.63, 3.8) is 0 Å². The standard InChI is InChI=1S/C39H36Cl2N6O/c40-37-27(26-15-16-32(39-45-22-23-46-39)36(25-26)48-24-5-4-20-43)9-6-10-28(37)29-11-7-12-31(38(29)41)35-18-17-30(33-14-8-21-44-33)34(47-35)13-2-1-3-19-42/h6-7,9-12,15-18,25H,1-5,8,13-14,21-24H2,(H,45,46). The zero-order chi connectivity index (χ0) is 33.3. The third-order valence-corrected chi connectivity index (χ3v) is 9.40. The zero-order valence-corrected chi connectivity index (χ0v) is 28.2. The summed E-state index contributed by atoms with van der Waals surface area (Å²) >= 11 is 14.4. The molecule has 0 saturated carbocycles. The quantitative estimate of drug-likeness (QED) is 0.142. The van der Waals surface area contributed by atoms with Gasteiger partial charge in [0.25, 0.3) is 0 Å². The molecule has 2 aliphatic rings. The van der Waals surface area contributed by atoms with Gasteiger partial charge in [0.1, 0.15) is 11.6 Å². The third-order valence-electron chi connectivity index (χ3n) is 8.59. The summed E-state index contributed by atoms with van der Waals surface area (Å²) in [5.41, 5.74) is 9.12. The van der Waals surface area contributed by atoms with Crippen LogP contribution in [0.15, 0.2) is 76.7 Å². The summed E-state index contributed by atoms with van der Waals surface area (Å²) < 4.78 is 6.17. The van der Waals surface area contributed by atoms with Gasteiger partial charge in [0, 0.05) is 59.5 Å². The van der Waals surface area contributed by atoms with Gasteiger partial charge in [-0.2, -0.15) is 10.5 Å². The Morgan fingerprint density at radius 3 is 2.21 bits per heavy atom. The number of aromatic nitrogens is 1. The molecule has 9 heteroatoms. The number of benzene rings is 3. The van der Waals surface area contributed by atoms with Gasteiger partial charge in [0.15, 0.2) is 0 Å². The number of nitriles is 2. The third kappa shape index (κ3) is 7.39. The van der Waals surface area contributed by atoms with Gasteiger partial charge in [-0.3, -0.25) is 15.0 Å². The number of rotatable bonds is 13. The number of amidine groups is 1. The summed E-state index contributed by atoms with van der Waals surface area (Å²) in [4.78, 5) is 14.5. The van der Waals surface area contributed by atoms with E-state index in [1.807, 2.05) is 60.7 Å². The van der Waals surface area contributed by atoms with Crippen LogP contribution in [0, 0.1) is 22.7 Å². The Labute approximate surface area is 291 Å². The van der Waals surface area contributed by atoms with Gasteiger partial charge in [-0.1, -0.05) is 65.7 Å². The fraction of sp³-hybridized carbons (Fsp3) is 0.308. The molecular formula is C39H36Cl2N6O. The second kappa shape index (κ2) is 15.9. The first-order valence-electron chi connectivity index (χ1n) is 16.5.